The molecule has 0 bridgehead atoms. The van der Waals surface area contributed by atoms with E-state index in [1.807, 2.05) is 6.07 Å². The van der Waals surface area contributed by atoms with E-state index in [9.17, 15) is 0 Å². The zero-order valence-corrected chi connectivity index (χ0v) is 10.8. The number of nitrogens with zero attached hydrogens (tertiary/aromatic N) is 1. The Morgan fingerprint density at radius 1 is 1.33 bits per heavy atom. The maximum absolute atomic E-state index is 5.44. The maximum Gasteiger partial charge on any atom is 0.119 e. The summed E-state index contributed by atoms with van der Waals surface area (Å²) in [6.45, 7) is 4.80. The van der Waals surface area contributed by atoms with Gasteiger partial charge >= 0.3 is 0 Å². The molecule has 1 N–H and O–H groups in total. The first-order valence-corrected chi connectivity index (χ1v) is 6.62. The summed E-state index contributed by atoms with van der Waals surface area (Å²) in [4.78, 5) is 2.53. The molecule has 0 aromatic heterocycles. The number of nitrogens with one attached hydrogen (secondary N) is 1. The van der Waals surface area contributed by atoms with Gasteiger partial charge in [0.15, 0.2) is 0 Å². The second kappa shape index (κ2) is 5.16. The van der Waals surface area contributed by atoms with Gasteiger partial charge in [-0.15, -0.1) is 0 Å². The third-order valence-electron chi connectivity index (χ3n) is 3.84. The quantitative estimate of drug-likeness (QED) is 0.866. The molecule has 2 aliphatic rings. The van der Waals surface area contributed by atoms with Crippen LogP contribution < -0.4 is 10.1 Å². The number of anilines is 1. The number of ether oxygens (including phenoxy) is 2. The molecule has 4 nitrogen and oxygen atoms in total. The predicted molar refractivity (Wildman–Crippen MR) is 71.2 cm³/mol. The molecule has 2 aliphatic heterocycles. The summed E-state index contributed by atoms with van der Waals surface area (Å²) in [6, 6.07) is 6.82. The second-order valence-electron chi connectivity index (χ2n) is 4.83. The summed E-state index contributed by atoms with van der Waals surface area (Å²) in [6.07, 6.45) is 1.15. The van der Waals surface area contributed by atoms with Crippen molar-refractivity contribution in [2.24, 2.45) is 0 Å². The maximum atomic E-state index is 5.44. The molecule has 1 atom stereocenters. The minimum atomic E-state index is 0.500. The number of benzene rings is 1. The number of hydrogen-bond acceptors (Lipinski definition) is 4. The standard InChI is InChI=1S/C14H20N2O2/c1-17-11-2-3-13-12(10-11)14(4-5-15-13)16-6-8-18-9-7-16/h2-3,10,14-15H,4-9H2,1H3. The molecule has 3 rings (SSSR count). The molecule has 18 heavy (non-hydrogen) atoms. The van der Waals surface area contributed by atoms with Crippen LogP contribution in [-0.4, -0.2) is 44.9 Å². The fourth-order valence-electron chi connectivity index (χ4n) is 2.87. The Morgan fingerprint density at radius 2 is 2.17 bits per heavy atom. The molecule has 0 radical (unpaired) electrons. The van der Waals surface area contributed by atoms with Crippen LogP contribution in [0.4, 0.5) is 5.69 Å². The van der Waals surface area contributed by atoms with E-state index in [1.54, 1.807) is 7.11 Å². The number of fused-ring (bicyclic) bond motifs is 1. The fraction of sp³-hybridized carbons (Fsp3) is 0.571. The lowest BCUT2D eigenvalue weighted by molar-refractivity contribution is 0.0144. The molecule has 1 saturated heterocycles. The molecule has 1 aromatic rings. The summed E-state index contributed by atoms with van der Waals surface area (Å²) >= 11 is 0. The van der Waals surface area contributed by atoms with Gasteiger partial charge in [0, 0.05) is 31.4 Å². The smallest absolute Gasteiger partial charge is 0.119 e. The fourth-order valence-corrected chi connectivity index (χ4v) is 2.87. The lowest BCUT2D eigenvalue weighted by Gasteiger charge is -2.38. The second-order valence-corrected chi connectivity index (χ2v) is 4.83. The van der Waals surface area contributed by atoms with Crippen molar-refractivity contribution < 1.29 is 9.47 Å². The number of hydrogen-bond donors (Lipinski definition) is 1. The van der Waals surface area contributed by atoms with Crippen LogP contribution in [0.2, 0.25) is 0 Å². The van der Waals surface area contributed by atoms with Crippen molar-refractivity contribution in [1.82, 2.24) is 4.90 Å². The molecular weight excluding hydrogens is 228 g/mol. The zero-order chi connectivity index (χ0) is 12.4. The normalized spacial score (nSPS) is 24.2. The highest BCUT2D eigenvalue weighted by Crippen LogP contribution is 2.36. The van der Waals surface area contributed by atoms with Crippen molar-refractivity contribution in [2.75, 3.05) is 45.3 Å². The highest BCUT2D eigenvalue weighted by Gasteiger charge is 2.27. The van der Waals surface area contributed by atoms with Crippen molar-refractivity contribution in [2.45, 2.75) is 12.5 Å². The first kappa shape index (κ1) is 11.8. The van der Waals surface area contributed by atoms with Crippen LogP contribution in [0.3, 0.4) is 0 Å². The van der Waals surface area contributed by atoms with E-state index in [0.29, 0.717) is 6.04 Å². The average Bonchev–Trinajstić information content (AvgIpc) is 2.47. The summed E-state index contributed by atoms with van der Waals surface area (Å²) in [5.74, 6) is 0.940. The van der Waals surface area contributed by atoms with Crippen molar-refractivity contribution in [3.63, 3.8) is 0 Å². The molecule has 0 saturated carbocycles. The predicted octanol–water partition coefficient (Wildman–Crippen LogP) is 1.88. The van der Waals surface area contributed by atoms with E-state index < -0.39 is 0 Å². The Labute approximate surface area is 108 Å². The Hall–Kier alpha value is -1.26. The molecular formula is C14H20N2O2. The van der Waals surface area contributed by atoms with E-state index in [0.717, 1.165) is 45.0 Å². The van der Waals surface area contributed by atoms with E-state index in [2.05, 4.69) is 22.3 Å². The lowest BCUT2D eigenvalue weighted by atomic mass is 9.96. The minimum Gasteiger partial charge on any atom is -0.497 e. The Kier molecular flexibility index (Phi) is 3.39. The summed E-state index contributed by atoms with van der Waals surface area (Å²) in [5, 5.41) is 3.47. The first-order valence-electron chi connectivity index (χ1n) is 6.62. The number of methoxy groups -OCH3 is 1. The summed E-state index contributed by atoms with van der Waals surface area (Å²) in [7, 11) is 1.72. The minimum absolute atomic E-state index is 0.500. The van der Waals surface area contributed by atoms with Gasteiger partial charge in [-0.25, -0.2) is 0 Å². The van der Waals surface area contributed by atoms with Gasteiger partial charge in [-0.05, 0) is 30.2 Å². The lowest BCUT2D eigenvalue weighted by Crippen LogP contribution is -2.41. The molecule has 1 fully saturated rings. The van der Waals surface area contributed by atoms with Gasteiger partial charge in [0.25, 0.3) is 0 Å². The van der Waals surface area contributed by atoms with Gasteiger partial charge in [-0.3, -0.25) is 4.90 Å². The largest absolute Gasteiger partial charge is 0.497 e. The molecule has 4 heteroatoms. The third kappa shape index (κ3) is 2.18. The van der Waals surface area contributed by atoms with E-state index >= 15 is 0 Å². The Bertz CT molecular complexity index is 416. The van der Waals surface area contributed by atoms with Crippen LogP contribution in [-0.2, 0) is 4.74 Å². The third-order valence-corrected chi connectivity index (χ3v) is 3.84. The SMILES string of the molecule is COc1ccc2c(c1)C(N1CCOCC1)CCN2. The van der Waals surface area contributed by atoms with Gasteiger partial charge in [-0.1, -0.05) is 0 Å². The van der Waals surface area contributed by atoms with E-state index in [4.69, 9.17) is 9.47 Å². The molecule has 0 spiro atoms. The molecule has 0 aliphatic carbocycles. The summed E-state index contributed by atoms with van der Waals surface area (Å²) < 4.78 is 10.8. The van der Waals surface area contributed by atoms with Crippen molar-refractivity contribution >= 4 is 5.69 Å². The zero-order valence-electron chi connectivity index (χ0n) is 10.8. The summed E-state index contributed by atoms with van der Waals surface area (Å²) in [5.41, 5.74) is 2.61. The van der Waals surface area contributed by atoms with Crippen LogP contribution in [0.15, 0.2) is 18.2 Å². The molecule has 1 unspecified atom stereocenters. The van der Waals surface area contributed by atoms with Crippen molar-refractivity contribution in [3.8, 4) is 5.75 Å². The Balaban J connectivity index is 1.89. The number of rotatable bonds is 2. The van der Waals surface area contributed by atoms with Crippen LogP contribution in [0, 0.1) is 0 Å². The van der Waals surface area contributed by atoms with Crippen molar-refractivity contribution in [3.05, 3.63) is 23.8 Å². The van der Waals surface area contributed by atoms with Crippen LogP contribution >= 0.6 is 0 Å². The Morgan fingerprint density at radius 3 is 2.94 bits per heavy atom. The average molecular weight is 248 g/mol. The monoisotopic (exact) mass is 248 g/mol. The molecule has 2 heterocycles. The van der Waals surface area contributed by atoms with E-state index in [-0.39, 0.29) is 0 Å². The van der Waals surface area contributed by atoms with Gasteiger partial charge in [0.1, 0.15) is 5.75 Å². The molecule has 0 amide bonds. The van der Waals surface area contributed by atoms with Crippen LogP contribution in [0.5, 0.6) is 5.75 Å². The van der Waals surface area contributed by atoms with Gasteiger partial charge < -0.3 is 14.8 Å². The highest BCUT2D eigenvalue weighted by molar-refractivity contribution is 5.57. The topological polar surface area (TPSA) is 33.7 Å². The van der Waals surface area contributed by atoms with Gasteiger partial charge in [0.05, 0.1) is 20.3 Å². The van der Waals surface area contributed by atoms with Crippen LogP contribution in [0.1, 0.15) is 18.0 Å². The first-order chi connectivity index (χ1) is 8.88. The highest BCUT2D eigenvalue weighted by atomic mass is 16.5. The van der Waals surface area contributed by atoms with Crippen LogP contribution in [0.25, 0.3) is 0 Å². The van der Waals surface area contributed by atoms with Crippen molar-refractivity contribution in [1.29, 1.82) is 0 Å². The van der Waals surface area contributed by atoms with E-state index in [1.165, 1.54) is 11.3 Å². The number of morpholine rings is 1. The van der Waals surface area contributed by atoms with Gasteiger partial charge in [-0.2, -0.15) is 0 Å². The van der Waals surface area contributed by atoms with Gasteiger partial charge in [0.2, 0.25) is 0 Å². The molecule has 1 aromatic carbocycles. The molecule has 98 valence electrons.